The van der Waals surface area contributed by atoms with Crippen molar-refractivity contribution in [2.24, 2.45) is 5.73 Å². The minimum Gasteiger partial charge on any atom is -0.480 e. The van der Waals surface area contributed by atoms with Gasteiger partial charge in [-0.25, -0.2) is 9.36 Å². The first-order valence-corrected chi connectivity index (χ1v) is 21.9. The summed E-state index contributed by atoms with van der Waals surface area (Å²) in [5.74, 6) is -2.67. The Morgan fingerprint density at radius 3 is 1.76 bits per heavy atom. The van der Waals surface area contributed by atoms with Gasteiger partial charge in [0.2, 0.25) is 0 Å². The van der Waals surface area contributed by atoms with E-state index in [1.165, 1.54) is 70.3 Å². The van der Waals surface area contributed by atoms with Crippen LogP contribution in [0.5, 0.6) is 0 Å². The molecule has 0 radical (unpaired) electrons. The number of phosphoric acid groups is 1. The summed E-state index contributed by atoms with van der Waals surface area (Å²) in [7, 11) is -4.74. The number of carbonyl (C=O) groups is 3. The topological polar surface area (TPSA) is 172 Å². The Bertz CT molecular complexity index is 1150. The van der Waals surface area contributed by atoms with Crippen molar-refractivity contribution in [1.29, 1.82) is 0 Å². The lowest BCUT2D eigenvalue weighted by Crippen LogP contribution is -2.34. The molecular weight excluding hydrogens is 709 g/mol. The molecule has 0 fully saturated rings. The fraction of sp³-hybridized carbons (Fsp3) is 0.690. The maximum atomic E-state index is 12.6. The minimum absolute atomic E-state index is 0.120. The second kappa shape index (κ2) is 37.1. The van der Waals surface area contributed by atoms with Crippen molar-refractivity contribution in [3.05, 3.63) is 60.8 Å². The van der Waals surface area contributed by atoms with E-state index in [0.29, 0.717) is 6.42 Å². The number of hydrogen-bond acceptors (Lipinski definition) is 9. The van der Waals surface area contributed by atoms with Crippen LogP contribution in [0.15, 0.2) is 60.8 Å². The second-order valence-corrected chi connectivity index (χ2v) is 14.9. The second-order valence-electron chi connectivity index (χ2n) is 13.5. The van der Waals surface area contributed by atoms with Crippen molar-refractivity contribution < 1.29 is 47.5 Å². The molecule has 11 nitrogen and oxygen atoms in total. The standard InChI is InChI=1S/C42H72NO10P/c1-3-5-7-9-11-13-15-17-19-21-23-25-27-29-31-33-40(44)50-35-38(36-51-54(48,49)52-37-39(43)42(46)47)53-41(45)34-32-30-28-26-24-22-20-18-16-14-12-10-8-6-4-2/h6,8,12,14,18,20,27,29,31,33,38-39H,3-5,7,9-11,13,15-17,19,21-26,28,30,32,34-37,43H2,1-2H3,(H,46,47)(H,48,49)/b8-6+,14-12+,20-18+,29-27+,33-31+/t38-,39+/m1/s1. The molecule has 12 heteroatoms. The summed E-state index contributed by atoms with van der Waals surface area (Å²) in [5, 5.41) is 8.87. The van der Waals surface area contributed by atoms with E-state index in [4.69, 9.17) is 24.8 Å². The number of nitrogens with two attached hydrogens (primary N) is 1. The van der Waals surface area contributed by atoms with Gasteiger partial charge in [0.25, 0.3) is 0 Å². The van der Waals surface area contributed by atoms with Crippen LogP contribution in [0.1, 0.15) is 155 Å². The zero-order chi connectivity index (χ0) is 40.0. The van der Waals surface area contributed by atoms with E-state index in [1.54, 1.807) is 12.2 Å². The maximum absolute atomic E-state index is 12.6. The Morgan fingerprint density at radius 2 is 1.17 bits per heavy atom. The summed E-state index contributed by atoms with van der Waals surface area (Å²) in [6.45, 7) is 2.53. The number of aliphatic carboxylic acids is 1. The van der Waals surface area contributed by atoms with Gasteiger partial charge >= 0.3 is 25.7 Å². The Hall–Kier alpha value is -2.82. The van der Waals surface area contributed by atoms with Gasteiger partial charge in [0.05, 0.1) is 13.2 Å². The van der Waals surface area contributed by atoms with Crippen LogP contribution < -0.4 is 5.73 Å². The average Bonchev–Trinajstić information content (AvgIpc) is 3.14. The summed E-state index contributed by atoms with van der Waals surface area (Å²) in [4.78, 5) is 45.7. The van der Waals surface area contributed by atoms with Crippen molar-refractivity contribution in [2.45, 2.75) is 167 Å². The predicted octanol–water partition coefficient (Wildman–Crippen LogP) is 10.4. The lowest BCUT2D eigenvalue weighted by molar-refractivity contribution is -0.159. The third kappa shape index (κ3) is 36.2. The van der Waals surface area contributed by atoms with E-state index in [1.807, 2.05) is 6.08 Å². The number of carboxylic acids is 1. The number of rotatable bonds is 37. The largest absolute Gasteiger partial charge is 0.480 e. The van der Waals surface area contributed by atoms with Gasteiger partial charge in [-0.1, -0.05) is 152 Å². The molecule has 0 aliphatic rings. The molecule has 0 aromatic heterocycles. The van der Waals surface area contributed by atoms with E-state index in [-0.39, 0.29) is 6.42 Å². The fourth-order valence-electron chi connectivity index (χ4n) is 5.17. The summed E-state index contributed by atoms with van der Waals surface area (Å²) in [6, 6.07) is -1.54. The highest BCUT2D eigenvalue weighted by Crippen LogP contribution is 2.43. The minimum atomic E-state index is -4.74. The van der Waals surface area contributed by atoms with Crippen molar-refractivity contribution in [1.82, 2.24) is 0 Å². The molecule has 0 saturated heterocycles. The molecule has 1 unspecified atom stereocenters. The smallest absolute Gasteiger partial charge is 0.472 e. The number of unbranched alkanes of at least 4 members (excludes halogenated alkanes) is 16. The molecule has 0 aliphatic carbocycles. The molecule has 0 spiro atoms. The van der Waals surface area contributed by atoms with Gasteiger partial charge in [0.15, 0.2) is 6.10 Å². The molecule has 0 bridgehead atoms. The Morgan fingerprint density at radius 1 is 0.648 bits per heavy atom. The normalized spacial score (nSPS) is 14.4. The number of carboxylic acid groups (broad SMARTS) is 1. The lowest BCUT2D eigenvalue weighted by atomic mass is 10.1. The van der Waals surface area contributed by atoms with Gasteiger partial charge in [-0.2, -0.15) is 0 Å². The molecule has 0 rings (SSSR count). The van der Waals surface area contributed by atoms with E-state index in [2.05, 4.69) is 54.8 Å². The molecule has 4 N–H and O–H groups in total. The van der Waals surface area contributed by atoms with Crippen molar-refractivity contribution in [3.63, 3.8) is 0 Å². The van der Waals surface area contributed by atoms with Crippen LogP contribution in [0.2, 0.25) is 0 Å². The highest BCUT2D eigenvalue weighted by Gasteiger charge is 2.28. The van der Waals surface area contributed by atoms with Gasteiger partial charge in [-0.05, 0) is 51.4 Å². The summed E-state index contributed by atoms with van der Waals surface area (Å²) >= 11 is 0. The average molecular weight is 782 g/mol. The Balaban J connectivity index is 4.54. The number of ether oxygens (including phenoxy) is 2. The monoisotopic (exact) mass is 781 g/mol. The molecule has 54 heavy (non-hydrogen) atoms. The van der Waals surface area contributed by atoms with Crippen LogP contribution in [-0.2, 0) is 37.5 Å². The highest BCUT2D eigenvalue weighted by atomic mass is 31.2. The van der Waals surface area contributed by atoms with E-state index >= 15 is 0 Å². The third-order valence-corrected chi connectivity index (χ3v) is 9.30. The number of esters is 2. The van der Waals surface area contributed by atoms with Gasteiger partial charge < -0.3 is 25.2 Å². The van der Waals surface area contributed by atoms with Crippen molar-refractivity contribution in [2.75, 3.05) is 19.8 Å². The molecule has 0 saturated carbocycles. The van der Waals surface area contributed by atoms with Gasteiger partial charge in [-0.3, -0.25) is 18.6 Å². The van der Waals surface area contributed by atoms with Crippen LogP contribution in [0.4, 0.5) is 0 Å². The third-order valence-electron chi connectivity index (χ3n) is 8.35. The molecule has 0 amide bonds. The lowest BCUT2D eigenvalue weighted by Gasteiger charge is -2.20. The summed E-state index contributed by atoms with van der Waals surface area (Å²) in [6.07, 6.45) is 42.1. The molecule has 310 valence electrons. The van der Waals surface area contributed by atoms with E-state index < -0.39 is 57.7 Å². The molecule has 0 aliphatic heterocycles. The highest BCUT2D eigenvalue weighted by molar-refractivity contribution is 7.47. The van der Waals surface area contributed by atoms with E-state index in [9.17, 15) is 23.8 Å². The zero-order valence-corrected chi connectivity index (χ0v) is 34.2. The molecule has 0 heterocycles. The summed E-state index contributed by atoms with van der Waals surface area (Å²) < 4.78 is 32.4. The van der Waals surface area contributed by atoms with Crippen molar-refractivity contribution in [3.8, 4) is 0 Å². The number of phosphoric ester groups is 1. The first-order chi connectivity index (χ1) is 26.1. The van der Waals surface area contributed by atoms with Crippen molar-refractivity contribution >= 4 is 25.7 Å². The van der Waals surface area contributed by atoms with Crippen LogP contribution in [-0.4, -0.2) is 59.9 Å². The molecule has 3 atom stereocenters. The number of carbonyl (C=O) groups excluding carboxylic acids is 2. The van der Waals surface area contributed by atoms with Crippen LogP contribution in [0.3, 0.4) is 0 Å². The zero-order valence-electron chi connectivity index (χ0n) is 33.3. The fourth-order valence-corrected chi connectivity index (χ4v) is 5.95. The van der Waals surface area contributed by atoms with Crippen LogP contribution in [0.25, 0.3) is 0 Å². The molecule has 0 aromatic carbocycles. The maximum Gasteiger partial charge on any atom is 0.472 e. The summed E-state index contributed by atoms with van der Waals surface area (Å²) in [5.41, 5.74) is 5.31. The SMILES string of the molecule is CC/C=C/C/C=C/C/C=C/CCCCCCCC(=O)O[C@H](COC(=O)/C=C/C=C/CCCCCCCCCCCCC)COP(=O)(O)OC[C@H](N)C(=O)O. The quantitative estimate of drug-likeness (QED) is 0.0137. The predicted molar refractivity (Wildman–Crippen MR) is 217 cm³/mol. The number of allylic oxidation sites excluding steroid dienone is 9. The first-order valence-electron chi connectivity index (χ1n) is 20.4. The van der Waals surface area contributed by atoms with Gasteiger partial charge in [-0.15, -0.1) is 0 Å². The van der Waals surface area contributed by atoms with E-state index in [0.717, 1.165) is 64.2 Å². The van der Waals surface area contributed by atoms with Crippen LogP contribution >= 0.6 is 7.82 Å². The van der Waals surface area contributed by atoms with Gasteiger partial charge in [0, 0.05) is 12.5 Å². The Kier molecular flexibility index (Phi) is 35.2. The first kappa shape index (κ1) is 51.2. The molecule has 0 aromatic rings. The number of hydrogen-bond donors (Lipinski definition) is 3. The Labute approximate surface area is 326 Å². The molecular formula is C42H72NO10P. The van der Waals surface area contributed by atoms with Gasteiger partial charge in [0.1, 0.15) is 12.6 Å². The van der Waals surface area contributed by atoms with Crippen LogP contribution in [0, 0.1) is 0 Å².